The second kappa shape index (κ2) is 7.85. The zero-order chi connectivity index (χ0) is 18.7. The number of benzene rings is 1. The first-order valence-electron chi connectivity index (χ1n) is 9.44. The van der Waals surface area contributed by atoms with E-state index in [1.807, 2.05) is 39.0 Å². The highest BCUT2D eigenvalue weighted by Gasteiger charge is 2.28. The smallest absolute Gasteiger partial charge is 0.229 e. The maximum absolute atomic E-state index is 12.9. The Bertz CT molecular complexity index is 782. The number of carbonyl (C=O) groups is 1. The Hall–Kier alpha value is -2.43. The molecule has 26 heavy (non-hydrogen) atoms. The third-order valence-electron chi connectivity index (χ3n) is 5.03. The highest BCUT2D eigenvalue weighted by molar-refractivity contribution is 5.94. The number of hydrogen-bond acceptors (Lipinski definition) is 4. The number of anilines is 2. The van der Waals surface area contributed by atoms with Gasteiger partial charge in [-0.15, -0.1) is 0 Å². The molecule has 1 amide bonds. The van der Waals surface area contributed by atoms with Crippen molar-refractivity contribution in [2.24, 2.45) is 5.92 Å². The van der Waals surface area contributed by atoms with Crippen molar-refractivity contribution in [2.45, 2.75) is 47.0 Å². The van der Waals surface area contributed by atoms with Crippen LogP contribution in [0.25, 0.3) is 0 Å². The van der Waals surface area contributed by atoms with Crippen LogP contribution in [0, 0.1) is 26.7 Å². The lowest BCUT2D eigenvalue weighted by molar-refractivity contribution is -0.120. The van der Waals surface area contributed by atoms with E-state index in [1.54, 1.807) is 0 Å². The van der Waals surface area contributed by atoms with Crippen LogP contribution in [0.2, 0.25) is 0 Å². The van der Waals surface area contributed by atoms with Gasteiger partial charge in [0.1, 0.15) is 0 Å². The van der Waals surface area contributed by atoms with E-state index in [0.717, 1.165) is 54.4 Å². The molecule has 0 saturated carbocycles. The van der Waals surface area contributed by atoms with Gasteiger partial charge in [-0.05, 0) is 57.2 Å². The highest BCUT2D eigenvalue weighted by atomic mass is 16.1. The summed E-state index contributed by atoms with van der Waals surface area (Å²) < 4.78 is 0. The Morgan fingerprint density at radius 1 is 1.23 bits per heavy atom. The fourth-order valence-electron chi connectivity index (χ4n) is 3.65. The maximum atomic E-state index is 12.9. The van der Waals surface area contributed by atoms with Crippen molar-refractivity contribution >= 4 is 17.5 Å². The topological polar surface area (TPSA) is 58.1 Å². The van der Waals surface area contributed by atoms with Gasteiger partial charge in [-0.2, -0.15) is 0 Å². The number of aromatic nitrogens is 2. The monoisotopic (exact) mass is 352 g/mol. The van der Waals surface area contributed by atoms with Crippen LogP contribution in [0.15, 0.2) is 24.3 Å². The fourth-order valence-corrected chi connectivity index (χ4v) is 3.65. The highest BCUT2D eigenvalue weighted by Crippen LogP contribution is 2.25. The van der Waals surface area contributed by atoms with E-state index in [9.17, 15) is 4.79 Å². The number of hydrogen-bond donors (Lipinski definition) is 1. The van der Waals surface area contributed by atoms with Crippen LogP contribution in [-0.4, -0.2) is 29.0 Å². The van der Waals surface area contributed by atoms with E-state index >= 15 is 0 Å². The Morgan fingerprint density at radius 2 is 1.96 bits per heavy atom. The summed E-state index contributed by atoms with van der Waals surface area (Å²) >= 11 is 0. The lowest BCUT2D eigenvalue weighted by Crippen LogP contribution is -2.41. The summed E-state index contributed by atoms with van der Waals surface area (Å²) in [6.45, 7) is 9.70. The molecule has 1 aromatic carbocycles. The van der Waals surface area contributed by atoms with Gasteiger partial charge in [0, 0.05) is 30.2 Å². The Kier molecular flexibility index (Phi) is 5.55. The molecule has 0 spiro atoms. The van der Waals surface area contributed by atoms with Crippen molar-refractivity contribution in [3.8, 4) is 0 Å². The molecular weight excluding hydrogens is 324 g/mol. The van der Waals surface area contributed by atoms with Crippen molar-refractivity contribution in [3.05, 3.63) is 46.8 Å². The first kappa shape index (κ1) is 18.4. The lowest BCUT2D eigenvalue weighted by atomic mass is 9.96. The second-order valence-electron chi connectivity index (χ2n) is 7.19. The fraction of sp³-hybridized carbons (Fsp3) is 0.476. The molecule has 138 valence electrons. The lowest BCUT2D eigenvalue weighted by Gasteiger charge is -2.32. The Labute approximate surface area is 155 Å². The largest absolute Gasteiger partial charge is 0.340 e. The van der Waals surface area contributed by atoms with Crippen molar-refractivity contribution in [1.82, 2.24) is 9.97 Å². The number of aryl methyl sites for hydroxylation is 4. The number of carbonyl (C=O) groups excluding carboxylic acids is 1. The molecule has 1 aromatic heterocycles. The number of rotatable bonds is 4. The minimum Gasteiger partial charge on any atom is -0.340 e. The van der Waals surface area contributed by atoms with Crippen molar-refractivity contribution in [2.75, 3.05) is 23.3 Å². The summed E-state index contributed by atoms with van der Waals surface area (Å²) in [5.74, 6) is 0.797. The van der Waals surface area contributed by atoms with Crippen molar-refractivity contribution in [3.63, 3.8) is 0 Å². The molecule has 2 aromatic rings. The van der Waals surface area contributed by atoms with Crippen LogP contribution < -0.4 is 10.2 Å². The third-order valence-corrected chi connectivity index (χ3v) is 5.03. The van der Waals surface area contributed by atoms with E-state index in [2.05, 4.69) is 33.2 Å². The van der Waals surface area contributed by atoms with Crippen LogP contribution in [0.1, 0.15) is 42.3 Å². The Morgan fingerprint density at radius 3 is 2.65 bits per heavy atom. The number of piperidine rings is 1. The molecule has 0 unspecified atom stereocenters. The summed E-state index contributed by atoms with van der Waals surface area (Å²) in [7, 11) is 0. The quantitative estimate of drug-likeness (QED) is 0.909. The van der Waals surface area contributed by atoms with Crippen LogP contribution >= 0.6 is 0 Å². The minimum absolute atomic E-state index is 0.0440. The van der Waals surface area contributed by atoms with Gasteiger partial charge in [0.05, 0.1) is 5.92 Å². The van der Waals surface area contributed by atoms with Gasteiger partial charge < -0.3 is 10.2 Å². The van der Waals surface area contributed by atoms with E-state index in [1.165, 1.54) is 5.56 Å². The summed E-state index contributed by atoms with van der Waals surface area (Å²) in [4.78, 5) is 24.2. The average Bonchev–Trinajstić information content (AvgIpc) is 2.62. The molecule has 1 aliphatic rings. The van der Waals surface area contributed by atoms with E-state index < -0.39 is 0 Å². The number of amides is 1. The van der Waals surface area contributed by atoms with Gasteiger partial charge in [0.25, 0.3) is 0 Å². The van der Waals surface area contributed by atoms with Crippen LogP contribution in [-0.2, 0) is 11.2 Å². The van der Waals surface area contributed by atoms with Crippen LogP contribution in [0.4, 0.5) is 11.6 Å². The molecule has 2 heterocycles. The van der Waals surface area contributed by atoms with Gasteiger partial charge in [-0.3, -0.25) is 4.79 Å². The third kappa shape index (κ3) is 4.03. The first-order chi connectivity index (χ1) is 12.5. The van der Waals surface area contributed by atoms with Gasteiger partial charge in [-0.1, -0.05) is 25.1 Å². The first-order valence-corrected chi connectivity index (χ1v) is 9.44. The molecule has 0 bridgehead atoms. The maximum Gasteiger partial charge on any atom is 0.229 e. The summed E-state index contributed by atoms with van der Waals surface area (Å²) in [5.41, 5.74) is 5.20. The molecule has 3 rings (SSSR count). The van der Waals surface area contributed by atoms with E-state index in [0.29, 0.717) is 6.54 Å². The molecule has 5 nitrogen and oxygen atoms in total. The second-order valence-corrected chi connectivity index (χ2v) is 7.19. The van der Waals surface area contributed by atoms with Gasteiger partial charge in [-0.25, -0.2) is 9.97 Å². The predicted molar refractivity (Wildman–Crippen MR) is 106 cm³/mol. The molecule has 1 N–H and O–H groups in total. The van der Waals surface area contributed by atoms with Crippen molar-refractivity contribution in [1.29, 1.82) is 0 Å². The molecular formula is C21H28N4O. The van der Waals surface area contributed by atoms with E-state index in [4.69, 9.17) is 0 Å². The summed E-state index contributed by atoms with van der Waals surface area (Å²) in [6, 6.07) is 8.15. The summed E-state index contributed by atoms with van der Waals surface area (Å²) in [6.07, 6.45) is 2.79. The zero-order valence-corrected chi connectivity index (χ0v) is 16.2. The van der Waals surface area contributed by atoms with Gasteiger partial charge in [0.15, 0.2) is 0 Å². The standard InChI is InChI=1S/C21H28N4O/c1-5-17-9-6-8-14(2)19(17)24-20(26)18-10-7-11-25(13-18)21-22-15(3)12-16(4)23-21/h6,8-9,12,18H,5,7,10-11,13H2,1-4H3,(H,24,26)/t18-/m0/s1. The summed E-state index contributed by atoms with van der Waals surface area (Å²) in [5, 5.41) is 3.19. The molecule has 1 aliphatic heterocycles. The predicted octanol–water partition coefficient (Wildman–Crippen LogP) is 3.82. The van der Waals surface area contributed by atoms with Gasteiger partial charge >= 0.3 is 0 Å². The molecule has 1 atom stereocenters. The minimum atomic E-state index is -0.0440. The molecule has 1 fully saturated rings. The number of para-hydroxylation sites is 1. The van der Waals surface area contributed by atoms with Crippen molar-refractivity contribution < 1.29 is 4.79 Å². The molecule has 1 saturated heterocycles. The molecule has 0 aliphatic carbocycles. The van der Waals surface area contributed by atoms with Gasteiger partial charge in [0.2, 0.25) is 11.9 Å². The van der Waals surface area contributed by atoms with E-state index in [-0.39, 0.29) is 11.8 Å². The number of nitrogens with zero attached hydrogens (tertiary/aromatic N) is 3. The normalized spacial score (nSPS) is 17.2. The number of nitrogens with one attached hydrogen (secondary N) is 1. The van der Waals surface area contributed by atoms with Crippen LogP contribution in [0.3, 0.4) is 0 Å². The zero-order valence-electron chi connectivity index (χ0n) is 16.2. The molecule has 0 radical (unpaired) electrons. The average molecular weight is 352 g/mol. The van der Waals surface area contributed by atoms with Crippen LogP contribution in [0.5, 0.6) is 0 Å². The Balaban J connectivity index is 1.74. The molecule has 5 heteroatoms. The SMILES string of the molecule is CCc1cccc(C)c1NC(=O)[C@H]1CCCN(c2nc(C)cc(C)n2)C1.